The lowest BCUT2D eigenvalue weighted by molar-refractivity contribution is 0.00230. The number of aliphatic hydroxyl groups excluding tert-OH is 2. The summed E-state index contributed by atoms with van der Waals surface area (Å²) in [6.45, 7) is 2.76. The van der Waals surface area contributed by atoms with Crippen molar-refractivity contribution in [1.82, 2.24) is 0 Å². The molecule has 5 nitrogen and oxygen atoms in total. The normalized spacial score (nSPS) is 9.20. The minimum atomic E-state index is 0. The number of aliphatic hydroxyl groups is 2. The molecular formula is C8H20Cl2O5. The number of hydrogen-bond donors (Lipinski definition) is 2. The molecule has 0 aromatic rings. The van der Waals surface area contributed by atoms with Gasteiger partial charge in [0.15, 0.2) is 0 Å². The zero-order valence-electron chi connectivity index (χ0n) is 8.59. The molecule has 0 aliphatic carbocycles. The maximum atomic E-state index is 8.36. The maximum absolute atomic E-state index is 8.36. The smallest absolute Gasteiger partial charge is 0.0701 e. The van der Waals surface area contributed by atoms with Crippen LogP contribution in [0.5, 0.6) is 0 Å². The van der Waals surface area contributed by atoms with Gasteiger partial charge in [0.2, 0.25) is 0 Å². The van der Waals surface area contributed by atoms with Crippen LogP contribution in [0.1, 0.15) is 0 Å². The molecule has 15 heavy (non-hydrogen) atoms. The first-order chi connectivity index (χ1) is 6.41. The van der Waals surface area contributed by atoms with Crippen LogP contribution in [-0.4, -0.2) is 63.1 Å². The van der Waals surface area contributed by atoms with Crippen molar-refractivity contribution in [1.29, 1.82) is 0 Å². The molecule has 7 heteroatoms. The topological polar surface area (TPSA) is 68.2 Å². The predicted octanol–water partition coefficient (Wildman–Crippen LogP) is -0.136. The molecule has 0 spiro atoms. The highest BCUT2D eigenvalue weighted by atomic mass is 35.5. The van der Waals surface area contributed by atoms with Gasteiger partial charge in [-0.15, -0.1) is 24.8 Å². The van der Waals surface area contributed by atoms with Crippen molar-refractivity contribution in [3.05, 3.63) is 0 Å². The van der Waals surface area contributed by atoms with Gasteiger partial charge >= 0.3 is 0 Å². The molecule has 0 bridgehead atoms. The van der Waals surface area contributed by atoms with Gasteiger partial charge in [-0.2, -0.15) is 0 Å². The van der Waals surface area contributed by atoms with Crippen molar-refractivity contribution in [2.24, 2.45) is 0 Å². The lowest BCUT2D eigenvalue weighted by atomic mass is 10.7. The quantitative estimate of drug-likeness (QED) is 0.539. The van der Waals surface area contributed by atoms with Crippen molar-refractivity contribution < 1.29 is 24.4 Å². The van der Waals surface area contributed by atoms with E-state index in [1.807, 2.05) is 0 Å². The molecule has 0 saturated heterocycles. The van der Waals surface area contributed by atoms with Crippen LogP contribution < -0.4 is 0 Å². The van der Waals surface area contributed by atoms with E-state index in [0.717, 1.165) is 0 Å². The van der Waals surface area contributed by atoms with Crippen LogP contribution in [0, 0.1) is 0 Å². The van der Waals surface area contributed by atoms with Crippen LogP contribution in [0.25, 0.3) is 0 Å². The molecule has 0 atom stereocenters. The summed E-state index contributed by atoms with van der Waals surface area (Å²) in [6.07, 6.45) is 0. The molecule has 0 saturated carbocycles. The summed E-state index contributed by atoms with van der Waals surface area (Å²) >= 11 is 0. The van der Waals surface area contributed by atoms with E-state index in [9.17, 15) is 0 Å². The lowest BCUT2D eigenvalue weighted by Crippen LogP contribution is -2.11. The molecule has 0 unspecified atom stereocenters. The highest BCUT2D eigenvalue weighted by Gasteiger charge is 1.89. The molecule has 0 amide bonds. The monoisotopic (exact) mass is 266 g/mol. The van der Waals surface area contributed by atoms with E-state index in [0.29, 0.717) is 39.6 Å². The van der Waals surface area contributed by atoms with Gasteiger partial charge < -0.3 is 24.4 Å². The zero-order chi connectivity index (χ0) is 9.78. The van der Waals surface area contributed by atoms with Crippen LogP contribution in [0.2, 0.25) is 0 Å². The molecule has 0 aliphatic heterocycles. The minimum Gasteiger partial charge on any atom is -0.394 e. The van der Waals surface area contributed by atoms with Gasteiger partial charge in [0, 0.05) is 0 Å². The second kappa shape index (κ2) is 19.9. The molecule has 0 radical (unpaired) electrons. The standard InChI is InChI=1S/C8H18O5.2ClH/c9-1-3-11-5-7-13-8-6-12-4-2-10;;/h9-10H,1-8H2;2*1H. The Morgan fingerprint density at radius 3 is 1.07 bits per heavy atom. The van der Waals surface area contributed by atoms with E-state index in [4.69, 9.17) is 24.4 Å². The summed E-state index contributed by atoms with van der Waals surface area (Å²) in [5.74, 6) is 0. The van der Waals surface area contributed by atoms with Gasteiger partial charge in [-0.25, -0.2) is 0 Å². The Labute approximate surface area is 103 Å². The van der Waals surface area contributed by atoms with Crippen LogP contribution in [0.3, 0.4) is 0 Å². The highest BCUT2D eigenvalue weighted by molar-refractivity contribution is 5.85. The first kappa shape index (κ1) is 20.8. The van der Waals surface area contributed by atoms with E-state index < -0.39 is 0 Å². The number of hydrogen-bond acceptors (Lipinski definition) is 5. The Kier molecular flexibility index (Phi) is 27.5. The number of ether oxygens (including phenoxy) is 3. The van der Waals surface area contributed by atoms with Gasteiger partial charge in [0.1, 0.15) is 0 Å². The Morgan fingerprint density at radius 2 is 0.800 bits per heavy atom. The average Bonchev–Trinajstić information content (AvgIpc) is 2.16. The number of rotatable bonds is 10. The lowest BCUT2D eigenvalue weighted by Gasteiger charge is -2.04. The summed E-state index contributed by atoms with van der Waals surface area (Å²) in [5.41, 5.74) is 0. The van der Waals surface area contributed by atoms with Crippen molar-refractivity contribution in [2.75, 3.05) is 52.9 Å². The molecule has 0 heterocycles. The van der Waals surface area contributed by atoms with Gasteiger partial charge in [-0.05, 0) is 0 Å². The van der Waals surface area contributed by atoms with Gasteiger partial charge in [0.05, 0.1) is 52.9 Å². The molecule has 96 valence electrons. The molecule has 0 aliphatic rings. The Bertz CT molecular complexity index is 87.1. The SMILES string of the molecule is Cl.Cl.OCCOCCOCCOCCO. The second-order valence-electron chi connectivity index (χ2n) is 2.28. The predicted molar refractivity (Wildman–Crippen MR) is 61.1 cm³/mol. The van der Waals surface area contributed by atoms with Crippen molar-refractivity contribution in [2.45, 2.75) is 0 Å². The fourth-order valence-corrected chi connectivity index (χ4v) is 0.671. The summed E-state index contributed by atoms with van der Waals surface area (Å²) in [7, 11) is 0. The van der Waals surface area contributed by atoms with Crippen molar-refractivity contribution >= 4 is 24.8 Å². The molecule has 2 N–H and O–H groups in total. The van der Waals surface area contributed by atoms with E-state index in [1.54, 1.807) is 0 Å². The number of halogens is 2. The van der Waals surface area contributed by atoms with Crippen LogP contribution in [0.15, 0.2) is 0 Å². The molecule has 0 fully saturated rings. The van der Waals surface area contributed by atoms with E-state index in [1.165, 1.54) is 0 Å². The van der Waals surface area contributed by atoms with Gasteiger partial charge in [0.25, 0.3) is 0 Å². The molecular weight excluding hydrogens is 247 g/mol. The Balaban J connectivity index is -0.000000720. The van der Waals surface area contributed by atoms with Crippen LogP contribution in [0.4, 0.5) is 0 Å². The third kappa shape index (κ3) is 20.5. The van der Waals surface area contributed by atoms with E-state index in [2.05, 4.69) is 0 Å². The van der Waals surface area contributed by atoms with Gasteiger partial charge in [-0.3, -0.25) is 0 Å². The first-order valence-corrected chi connectivity index (χ1v) is 4.36. The van der Waals surface area contributed by atoms with E-state index in [-0.39, 0.29) is 38.0 Å². The summed E-state index contributed by atoms with van der Waals surface area (Å²) in [4.78, 5) is 0. The molecule has 0 aromatic heterocycles. The third-order valence-corrected chi connectivity index (χ3v) is 1.22. The minimum absolute atomic E-state index is 0. The van der Waals surface area contributed by atoms with Crippen molar-refractivity contribution in [3.8, 4) is 0 Å². The third-order valence-electron chi connectivity index (χ3n) is 1.22. The maximum Gasteiger partial charge on any atom is 0.0701 e. The Morgan fingerprint density at radius 1 is 0.533 bits per heavy atom. The summed E-state index contributed by atoms with van der Waals surface area (Å²) in [5, 5.41) is 16.7. The van der Waals surface area contributed by atoms with Crippen LogP contribution >= 0.6 is 24.8 Å². The van der Waals surface area contributed by atoms with Gasteiger partial charge in [-0.1, -0.05) is 0 Å². The average molecular weight is 267 g/mol. The second-order valence-corrected chi connectivity index (χ2v) is 2.28. The van der Waals surface area contributed by atoms with Crippen molar-refractivity contribution in [3.63, 3.8) is 0 Å². The fourth-order valence-electron chi connectivity index (χ4n) is 0.671. The molecule has 0 rings (SSSR count). The summed E-state index contributed by atoms with van der Waals surface area (Å²) < 4.78 is 15.0. The van der Waals surface area contributed by atoms with Crippen LogP contribution in [-0.2, 0) is 14.2 Å². The molecule has 0 aromatic carbocycles. The first-order valence-electron chi connectivity index (χ1n) is 4.36. The Hall–Kier alpha value is 0.380. The fraction of sp³-hybridized carbons (Fsp3) is 1.00. The zero-order valence-corrected chi connectivity index (χ0v) is 10.2. The largest absolute Gasteiger partial charge is 0.394 e. The summed E-state index contributed by atoms with van der Waals surface area (Å²) in [6, 6.07) is 0. The highest BCUT2D eigenvalue weighted by Crippen LogP contribution is 1.80. The van der Waals surface area contributed by atoms with E-state index >= 15 is 0 Å².